The number of piperidine rings is 2. The van der Waals surface area contributed by atoms with Crippen LogP contribution < -0.4 is 9.47 Å². The van der Waals surface area contributed by atoms with Crippen molar-refractivity contribution in [2.45, 2.75) is 62.9 Å². The van der Waals surface area contributed by atoms with Crippen LogP contribution in [0.15, 0.2) is 42.5 Å². The molecule has 0 unspecified atom stereocenters. The van der Waals surface area contributed by atoms with Gasteiger partial charge in [0.25, 0.3) is 5.91 Å². The molecular formula is C32H36N4O6. The lowest BCUT2D eigenvalue weighted by molar-refractivity contribution is -0.163. The van der Waals surface area contributed by atoms with Crippen LogP contribution in [0.1, 0.15) is 66.4 Å². The first-order valence-electron chi connectivity index (χ1n) is 15.1. The molecule has 3 saturated heterocycles. The zero-order valence-electron chi connectivity index (χ0n) is 23.8. The first-order valence-corrected chi connectivity index (χ1v) is 15.1. The second kappa shape index (κ2) is 10.7. The number of carbonyl (C=O) groups excluding carboxylic acids is 4. The summed E-state index contributed by atoms with van der Waals surface area (Å²) in [5.74, 6) is 0.707. The molecule has 10 nitrogen and oxygen atoms in total. The lowest BCUT2D eigenvalue weighted by Crippen LogP contribution is -2.52. The number of hydrazine groups is 1. The predicted molar refractivity (Wildman–Crippen MR) is 152 cm³/mol. The molecule has 220 valence electrons. The number of fused-ring (bicyclic) bond motifs is 3. The summed E-state index contributed by atoms with van der Waals surface area (Å²) in [6.07, 6.45) is 4.66. The Bertz CT molecular complexity index is 1420. The molecule has 5 aliphatic heterocycles. The van der Waals surface area contributed by atoms with E-state index >= 15 is 0 Å². The Labute approximate surface area is 245 Å². The summed E-state index contributed by atoms with van der Waals surface area (Å²) in [6.45, 7) is 4.10. The van der Waals surface area contributed by atoms with Gasteiger partial charge in [-0.2, -0.15) is 5.01 Å². The lowest BCUT2D eigenvalue weighted by Gasteiger charge is -2.40. The number of likely N-dealkylation sites (tertiary alicyclic amines) is 2. The van der Waals surface area contributed by atoms with Gasteiger partial charge in [-0.25, -0.2) is 5.01 Å². The molecule has 5 aliphatic rings. The maximum absolute atomic E-state index is 13.6. The highest BCUT2D eigenvalue weighted by Crippen LogP contribution is 2.45. The fraction of sp³-hybridized carbons (Fsp3) is 0.500. The van der Waals surface area contributed by atoms with Crippen molar-refractivity contribution in [2.24, 2.45) is 0 Å². The molecule has 4 amide bonds. The van der Waals surface area contributed by atoms with E-state index < -0.39 is 0 Å². The summed E-state index contributed by atoms with van der Waals surface area (Å²) in [5.41, 5.74) is 2.43. The molecule has 3 fully saturated rings. The molecule has 0 aromatic heterocycles. The predicted octanol–water partition coefficient (Wildman–Crippen LogP) is 2.89. The van der Waals surface area contributed by atoms with Crippen molar-refractivity contribution < 1.29 is 28.7 Å². The standard InChI is InChI=1S/C32H36N4O6/c37-28-11-4-12-29(38)36(28)35-20-23-22(30(35)39)6-3-10-26(23)41-19-18-33-15-5-8-25(33)31(40)34-16-13-32(14-17-34)21-42-27-9-2-1-7-24(27)32/h1-3,6-7,9-10,25H,4-5,8,11-21H2/t25-/m1/s1. The molecule has 2 aromatic rings. The molecule has 0 aliphatic carbocycles. The average molecular weight is 573 g/mol. The Morgan fingerprint density at radius 1 is 0.952 bits per heavy atom. The maximum Gasteiger partial charge on any atom is 0.273 e. The summed E-state index contributed by atoms with van der Waals surface area (Å²) in [6, 6.07) is 13.4. The summed E-state index contributed by atoms with van der Waals surface area (Å²) in [5, 5.41) is 2.26. The van der Waals surface area contributed by atoms with Gasteiger partial charge in [0.15, 0.2) is 0 Å². The molecule has 0 N–H and O–H groups in total. The van der Waals surface area contributed by atoms with Gasteiger partial charge >= 0.3 is 0 Å². The minimum atomic E-state index is -0.361. The molecule has 0 radical (unpaired) electrons. The van der Waals surface area contributed by atoms with Crippen LogP contribution in [-0.4, -0.2) is 88.9 Å². The largest absolute Gasteiger partial charge is 0.492 e. The molecule has 2 aromatic carbocycles. The van der Waals surface area contributed by atoms with E-state index in [-0.39, 0.29) is 54.5 Å². The van der Waals surface area contributed by atoms with Gasteiger partial charge in [-0.3, -0.25) is 24.1 Å². The highest BCUT2D eigenvalue weighted by molar-refractivity contribution is 6.04. The second-order valence-electron chi connectivity index (χ2n) is 12.0. The van der Waals surface area contributed by atoms with E-state index in [0.717, 1.165) is 56.1 Å². The van der Waals surface area contributed by atoms with E-state index in [1.807, 2.05) is 23.1 Å². The number of imide groups is 1. The Morgan fingerprint density at radius 3 is 2.55 bits per heavy atom. The van der Waals surface area contributed by atoms with Gasteiger partial charge in [0, 0.05) is 49.0 Å². The summed E-state index contributed by atoms with van der Waals surface area (Å²) >= 11 is 0. The molecule has 0 bridgehead atoms. The molecule has 0 saturated carbocycles. The Kier molecular flexibility index (Phi) is 6.88. The number of benzene rings is 2. The van der Waals surface area contributed by atoms with Crippen molar-refractivity contribution in [3.8, 4) is 11.5 Å². The fourth-order valence-corrected chi connectivity index (χ4v) is 7.35. The molecule has 42 heavy (non-hydrogen) atoms. The van der Waals surface area contributed by atoms with Crippen LogP contribution in [-0.2, 0) is 26.3 Å². The van der Waals surface area contributed by atoms with Crippen LogP contribution in [0.2, 0.25) is 0 Å². The van der Waals surface area contributed by atoms with E-state index in [1.165, 1.54) is 10.6 Å². The number of hydrogen-bond acceptors (Lipinski definition) is 7. The summed E-state index contributed by atoms with van der Waals surface area (Å²) < 4.78 is 12.2. The fourth-order valence-electron chi connectivity index (χ4n) is 7.35. The number of ether oxygens (including phenoxy) is 2. The molecule has 1 atom stereocenters. The van der Waals surface area contributed by atoms with Crippen LogP contribution in [0.5, 0.6) is 11.5 Å². The van der Waals surface area contributed by atoms with Gasteiger partial charge in [-0.15, -0.1) is 0 Å². The maximum atomic E-state index is 13.6. The SMILES string of the molecule is O=C([C@H]1CCCN1CCOc1cccc2c1CN(N1C(=O)CCCC1=O)C2=O)N1CCC2(CC1)COc1ccccc12. The van der Waals surface area contributed by atoms with Gasteiger partial charge in [-0.05, 0) is 56.8 Å². The topological polar surface area (TPSA) is 99.7 Å². The zero-order valence-corrected chi connectivity index (χ0v) is 23.8. The van der Waals surface area contributed by atoms with Gasteiger partial charge in [-0.1, -0.05) is 24.3 Å². The second-order valence-corrected chi connectivity index (χ2v) is 12.0. The zero-order chi connectivity index (χ0) is 28.8. The van der Waals surface area contributed by atoms with E-state index in [4.69, 9.17) is 9.47 Å². The first kappa shape index (κ1) is 26.9. The van der Waals surface area contributed by atoms with Crippen molar-refractivity contribution in [3.05, 3.63) is 59.2 Å². The smallest absolute Gasteiger partial charge is 0.273 e. The molecule has 7 rings (SSSR count). The molecule has 5 heterocycles. The summed E-state index contributed by atoms with van der Waals surface area (Å²) in [4.78, 5) is 55.9. The Balaban J connectivity index is 0.957. The van der Waals surface area contributed by atoms with Gasteiger partial charge in [0.1, 0.15) is 18.1 Å². The van der Waals surface area contributed by atoms with Crippen LogP contribution in [0, 0.1) is 0 Å². The lowest BCUT2D eigenvalue weighted by atomic mass is 9.74. The van der Waals surface area contributed by atoms with E-state index in [2.05, 4.69) is 17.0 Å². The van der Waals surface area contributed by atoms with Crippen LogP contribution in [0.3, 0.4) is 0 Å². The van der Waals surface area contributed by atoms with Crippen LogP contribution >= 0.6 is 0 Å². The minimum Gasteiger partial charge on any atom is -0.492 e. The number of nitrogens with zero attached hydrogens (tertiary/aromatic N) is 4. The Morgan fingerprint density at radius 2 is 1.74 bits per heavy atom. The number of carbonyl (C=O) groups is 4. The first-order chi connectivity index (χ1) is 20.4. The average Bonchev–Trinajstić information content (AvgIpc) is 3.71. The van der Waals surface area contributed by atoms with E-state index in [0.29, 0.717) is 43.1 Å². The Hall–Kier alpha value is -3.92. The van der Waals surface area contributed by atoms with Crippen molar-refractivity contribution in [2.75, 3.05) is 39.4 Å². The third-order valence-corrected chi connectivity index (χ3v) is 9.68. The van der Waals surface area contributed by atoms with Crippen LogP contribution in [0.4, 0.5) is 0 Å². The summed E-state index contributed by atoms with van der Waals surface area (Å²) in [7, 11) is 0. The third-order valence-electron chi connectivity index (χ3n) is 9.68. The van der Waals surface area contributed by atoms with Gasteiger partial charge in [0.2, 0.25) is 17.7 Å². The third kappa shape index (κ3) is 4.52. The minimum absolute atomic E-state index is 0.0120. The molecular weight excluding hydrogens is 536 g/mol. The van der Waals surface area contributed by atoms with E-state index in [1.54, 1.807) is 12.1 Å². The van der Waals surface area contributed by atoms with Gasteiger partial charge < -0.3 is 14.4 Å². The highest BCUT2D eigenvalue weighted by atomic mass is 16.5. The van der Waals surface area contributed by atoms with Crippen molar-refractivity contribution in [3.63, 3.8) is 0 Å². The van der Waals surface area contributed by atoms with Crippen molar-refractivity contribution >= 4 is 23.6 Å². The van der Waals surface area contributed by atoms with Crippen molar-refractivity contribution in [1.82, 2.24) is 19.8 Å². The number of amides is 4. The highest BCUT2D eigenvalue weighted by Gasteiger charge is 2.45. The molecule has 1 spiro atoms. The van der Waals surface area contributed by atoms with Crippen molar-refractivity contribution in [1.29, 1.82) is 0 Å². The quantitative estimate of drug-likeness (QED) is 0.491. The van der Waals surface area contributed by atoms with Gasteiger partial charge in [0.05, 0.1) is 24.8 Å². The monoisotopic (exact) mass is 572 g/mol. The van der Waals surface area contributed by atoms with E-state index in [9.17, 15) is 19.2 Å². The number of para-hydroxylation sites is 1. The normalized spacial score (nSPS) is 23.4. The van der Waals surface area contributed by atoms with Crippen LogP contribution in [0.25, 0.3) is 0 Å². The number of rotatable bonds is 6. The number of hydrogen-bond donors (Lipinski definition) is 0. The molecule has 10 heteroatoms.